The van der Waals surface area contributed by atoms with Crippen LogP contribution < -0.4 is 5.46 Å². The maximum Gasteiger partial charge on any atom is 0.181 e. The van der Waals surface area contributed by atoms with Gasteiger partial charge in [0, 0.05) is 0 Å². The summed E-state index contributed by atoms with van der Waals surface area (Å²) in [4.78, 5) is 11.0. The van der Waals surface area contributed by atoms with Crippen LogP contribution in [0, 0.1) is 0 Å². The molecule has 0 aliphatic carbocycles. The number of aromatic hydroxyl groups is 1. The first-order valence-electron chi connectivity index (χ1n) is 3.33. The summed E-state index contributed by atoms with van der Waals surface area (Å²) in [5.74, 6) is -0.576. The van der Waals surface area contributed by atoms with E-state index in [9.17, 15) is 9.90 Å². The van der Waals surface area contributed by atoms with Gasteiger partial charge in [-0.1, -0.05) is 17.6 Å². The number of halogens is 1. The Balaban J connectivity index is 3.13. The van der Waals surface area contributed by atoms with Crippen LogP contribution in [-0.2, 0) is 0 Å². The van der Waals surface area contributed by atoms with Crippen LogP contribution in [0.15, 0.2) is 18.2 Å². The van der Waals surface area contributed by atoms with Crippen molar-refractivity contribution in [3.8, 4) is 5.75 Å². The van der Waals surface area contributed by atoms with E-state index in [-0.39, 0.29) is 23.0 Å². The molecule has 1 aromatic carbocycles. The highest BCUT2D eigenvalue weighted by atomic mass is 35.5. The van der Waals surface area contributed by atoms with Crippen molar-refractivity contribution in [2.75, 3.05) is 5.88 Å². The molecule has 1 rings (SSSR count). The highest BCUT2D eigenvalue weighted by Crippen LogP contribution is 2.15. The van der Waals surface area contributed by atoms with Crippen molar-refractivity contribution >= 4 is 30.7 Å². The zero-order chi connectivity index (χ0) is 9.14. The Morgan fingerprint density at radius 3 is 2.83 bits per heavy atom. The van der Waals surface area contributed by atoms with Crippen molar-refractivity contribution in [1.29, 1.82) is 0 Å². The lowest BCUT2D eigenvalue weighted by molar-refractivity contribution is 0.101. The molecule has 0 spiro atoms. The molecule has 2 radical (unpaired) electrons. The van der Waals surface area contributed by atoms with Gasteiger partial charge in [-0.2, -0.15) is 0 Å². The second-order valence-electron chi connectivity index (χ2n) is 2.33. The number of carbonyl (C=O) groups is 1. The molecule has 0 aliphatic heterocycles. The van der Waals surface area contributed by atoms with Crippen LogP contribution in [0.25, 0.3) is 0 Å². The molecule has 0 atom stereocenters. The summed E-state index contributed by atoms with van der Waals surface area (Å²) >= 11 is 5.31. The molecule has 2 nitrogen and oxygen atoms in total. The zero-order valence-electron chi connectivity index (χ0n) is 6.25. The van der Waals surface area contributed by atoms with E-state index >= 15 is 0 Å². The molecule has 0 saturated heterocycles. The molecule has 0 amide bonds. The summed E-state index contributed by atoms with van der Waals surface area (Å²) in [5, 5.41) is 9.20. The van der Waals surface area contributed by atoms with Gasteiger partial charge in [0.1, 0.15) is 13.6 Å². The summed E-state index contributed by atoms with van der Waals surface area (Å²) in [6.07, 6.45) is 0. The molecular formula is C8H6BClO2. The van der Waals surface area contributed by atoms with Crippen molar-refractivity contribution in [1.82, 2.24) is 0 Å². The van der Waals surface area contributed by atoms with Crippen molar-refractivity contribution in [3.05, 3.63) is 23.8 Å². The molecule has 0 unspecified atom stereocenters. The van der Waals surface area contributed by atoms with Crippen molar-refractivity contribution in [3.63, 3.8) is 0 Å². The molecular weight excluding hydrogens is 174 g/mol. The van der Waals surface area contributed by atoms with Crippen molar-refractivity contribution < 1.29 is 9.90 Å². The fraction of sp³-hybridized carbons (Fsp3) is 0.125. The third-order valence-corrected chi connectivity index (χ3v) is 1.69. The number of ketones is 1. The van der Waals surface area contributed by atoms with E-state index in [0.717, 1.165) is 0 Å². The number of hydrogen-bond acceptors (Lipinski definition) is 2. The second-order valence-corrected chi connectivity index (χ2v) is 2.60. The van der Waals surface area contributed by atoms with Crippen LogP contribution in [0.2, 0.25) is 0 Å². The van der Waals surface area contributed by atoms with E-state index in [4.69, 9.17) is 19.4 Å². The predicted molar refractivity (Wildman–Crippen MR) is 48.5 cm³/mol. The molecule has 4 heteroatoms. The number of carbonyl (C=O) groups excluding carboxylic acids is 1. The molecule has 0 bridgehead atoms. The van der Waals surface area contributed by atoms with E-state index in [1.165, 1.54) is 18.2 Å². The Morgan fingerprint density at radius 2 is 2.25 bits per heavy atom. The third kappa shape index (κ3) is 1.80. The zero-order valence-corrected chi connectivity index (χ0v) is 7.01. The molecule has 0 fully saturated rings. The van der Waals surface area contributed by atoms with E-state index in [1.54, 1.807) is 0 Å². The van der Waals surface area contributed by atoms with Gasteiger partial charge in [0.05, 0.1) is 11.4 Å². The Bertz CT molecular complexity index is 312. The first-order chi connectivity index (χ1) is 5.65. The maximum atomic E-state index is 11.0. The monoisotopic (exact) mass is 180 g/mol. The normalized spacial score (nSPS) is 9.75. The van der Waals surface area contributed by atoms with Crippen LogP contribution in [0.5, 0.6) is 5.75 Å². The van der Waals surface area contributed by atoms with Crippen LogP contribution in [0.1, 0.15) is 10.4 Å². The van der Waals surface area contributed by atoms with Crippen LogP contribution >= 0.6 is 11.6 Å². The Morgan fingerprint density at radius 1 is 1.58 bits per heavy atom. The van der Waals surface area contributed by atoms with Crippen molar-refractivity contribution in [2.45, 2.75) is 0 Å². The van der Waals surface area contributed by atoms with Gasteiger partial charge in [0.2, 0.25) is 0 Å². The Labute approximate surface area is 76.6 Å². The van der Waals surface area contributed by atoms with Crippen LogP contribution in [-0.4, -0.2) is 24.6 Å². The van der Waals surface area contributed by atoms with Gasteiger partial charge in [-0.25, -0.2) is 0 Å². The summed E-state index contributed by atoms with van der Waals surface area (Å²) in [6.45, 7) is 0. The number of benzene rings is 1. The smallest absolute Gasteiger partial charge is 0.181 e. The number of Topliss-reactive ketones (excluding diaryl/α,β-unsaturated/α-hetero) is 1. The molecule has 0 aromatic heterocycles. The lowest BCUT2D eigenvalue weighted by atomic mass is 9.93. The number of alkyl halides is 1. The number of hydrogen-bond donors (Lipinski definition) is 1. The SMILES string of the molecule is [B]c1ccc(O)c(C(=O)CCl)c1. The third-order valence-electron chi connectivity index (χ3n) is 1.44. The topological polar surface area (TPSA) is 37.3 Å². The Hall–Kier alpha value is -0.955. The lowest BCUT2D eigenvalue weighted by Crippen LogP contribution is -2.08. The van der Waals surface area contributed by atoms with Gasteiger partial charge >= 0.3 is 0 Å². The summed E-state index contributed by atoms with van der Waals surface area (Å²) in [6, 6.07) is 4.29. The second kappa shape index (κ2) is 3.63. The fourth-order valence-corrected chi connectivity index (χ4v) is 0.993. The van der Waals surface area contributed by atoms with Crippen molar-refractivity contribution in [2.24, 2.45) is 0 Å². The molecule has 0 saturated carbocycles. The van der Waals surface area contributed by atoms with E-state index in [1.807, 2.05) is 0 Å². The summed E-state index contributed by atoms with van der Waals surface area (Å²) in [5.41, 5.74) is 0.603. The number of phenolic OH excluding ortho intramolecular Hbond substituents is 1. The standard InChI is InChI=1S/C8H6BClO2/c9-5-1-2-7(11)6(3-5)8(12)4-10/h1-3,11H,4H2. The largest absolute Gasteiger partial charge is 0.507 e. The molecule has 0 aliphatic rings. The lowest BCUT2D eigenvalue weighted by Gasteiger charge is -2.01. The van der Waals surface area contributed by atoms with Gasteiger partial charge < -0.3 is 5.11 Å². The Kier molecular flexibility index (Phi) is 2.76. The van der Waals surface area contributed by atoms with E-state index in [2.05, 4.69) is 0 Å². The minimum absolute atomic E-state index is 0.0881. The molecule has 0 heterocycles. The van der Waals surface area contributed by atoms with E-state index < -0.39 is 0 Å². The number of rotatable bonds is 2. The van der Waals surface area contributed by atoms with Gasteiger partial charge in [0.25, 0.3) is 0 Å². The molecule has 1 N–H and O–H groups in total. The fourth-order valence-electron chi connectivity index (χ4n) is 0.849. The minimum atomic E-state index is -0.332. The highest BCUT2D eigenvalue weighted by molar-refractivity contribution is 6.34. The van der Waals surface area contributed by atoms with Gasteiger partial charge in [0.15, 0.2) is 5.78 Å². The average molecular weight is 180 g/mol. The minimum Gasteiger partial charge on any atom is -0.507 e. The molecule has 60 valence electrons. The van der Waals surface area contributed by atoms with Crippen LogP contribution in [0.4, 0.5) is 0 Å². The summed E-state index contributed by atoms with van der Waals surface area (Å²) in [7, 11) is 5.41. The first-order valence-corrected chi connectivity index (χ1v) is 3.86. The highest BCUT2D eigenvalue weighted by Gasteiger charge is 2.08. The molecule has 1 aromatic rings. The summed E-state index contributed by atoms with van der Waals surface area (Å²) < 4.78 is 0. The maximum absolute atomic E-state index is 11.0. The predicted octanol–water partition coefficient (Wildman–Crippen LogP) is 0.607. The van der Waals surface area contributed by atoms with Crippen LogP contribution in [0.3, 0.4) is 0 Å². The number of phenols is 1. The first kappa shape index (κ1) is 9.14. The average Bonchev–Trinajstić information content (AvgIpc) is 2.08. The quantitative estimate of drug-likeness (QED) is 0.411. The molecule has 12 heavy (non-hydrogen) atoms. The van der Waals surface area contributed by atoms with Gasteiger partial charge in [-0.3, -0.25) is 4.79 Å². The van der Waals surface area contributed by atoms with Gasteiger partial charge in [-0.05, 0) is 6.07 Å². The van der Waals surface area contributed by atoms with E-state index in [0.29, 0.717) is 5.46 Å². The van der Waals surface area contributed by atoms with Gasteiger partial charge in [-0.15, -0.1) is 11.6 Å².